The predicted molar refractivity (Wildman–Crippen MR) is 63.2 cm³/mol. The molecule has 3 nitrogen and oxygen atoms in total. The number of nitrogens with one attached hydrogen (secondary N) is 1. The first-order valence-corrected chi connectivity index (χ1v) is 5.96. The Morgan fingerprint density at radius 2 is 2.50 bits per heavy atom. The quantitative estimate of drug-likeness (QED) is 0.834. The van der Waals surface area contributed by atoms with Crippen LogP contribution in [0.3, 0.4) is 0 Å². The Hall–Kier alpha value is -1.22. The Kier molecular flexibility index (Phi) is 4.05. The van der Waals surface area contributed by atoms with Crippen LogP contribution < -0.4 is 5.32 Å². The van der Waals surface area contributed by atoms with E-state index in [9.17, 15) is 4.79 Å². The molecule has 0 amide bonds. The number of aromatic nitrogens is 1. The van der Waals surface area contributed by atoms with E-state index in [2.05, 4.69) is 10.3 Å². The average molecular weight is 218 g/mol. The Bertz CT molecular complexity index is 331. The van der Waals surface area contributed by atoms with Gasteiger partial charge in [-0.25, -0.2) is 0 Å². The average Bonchev–Trinajstić information content (AvgIpc) is 2.31. The lowest BCUT2D eigenvalue weighted by Gasteiger charge is -2.21. The Balaban J connectivity index is 1.80. The fourth-order valence-corrected chi connectivity index (χ4v) is 2.22. The van der Waals surface area contributed by atoms with E-state index in [1.807, 2.05) is 12.1 Å². The van der Waals surface area contributed by atoms with Gasteiger partial charge in [-0.3, -0.25) is 9.78 Å². The highest BCUT2D eigenvalue weighted by Gasteiger charge is 2.16. The van der Waals surface area contributed by atoms with Gasteiger partial charge in [0.2, 0.25) is 0 Å². The van der Waals surface area contributed by atoms with Crippen LogP contribution in [0.15, 0.2) is 24.5 Å². The summed E-state index contributed by atoms with van der Waals surface area (Å²) in [6.45, 7) is 2.10. The standard InChI is InChI=1S/C13H18N2O/c16-13(7-11-3-1-5-14-9-11)8-12-4-2-6-15-10-12/h1,3,5,9,12,15H,2,4,6-8,10H2. The first-order chi connectivity index (χ1) is 7.84. The van der Waals surface area contributed by atoms with Crippen molar-refractivity contribution < 1.29 is 4.79 Å². The summed E-state index contributed by atoms with van der Waals surface area (Å²) in [6, 6.07) is 3.84. The van der Waals surface area contributed by atoms with Crippen LogP contribution in [0.1, 0.15) is 24.8 Å². The molecule has 1 atom stereocenters. The summed E-state index contributed by atoms with van der Waals surface area (Å²) in [5, 5.41) is 3.34. The number of Topliss-reactive ketones (excluding diaryl/α,β-unsaturated/α-hetero) is 1. The van der Waals surface area contributed by atoms with Crippen molar-refractivity contribution in [2.24, 2.45) is 5.92 Å². The van der Waals surface area contributed by atoms with Crippen LogP contribution in [-0.2, 0) is 11.2 Å². The molecule has 16 heavy (non-hydrogen) atoms. The van der Waals surface area contributed by atoms with Gasteiger partial charge in [0.15, 0.2) is 0 Å². The van der Waals surface area contributed by atoms with Crippen LogP contribution in [0.25, 0.3) is 0 Å². The van der Waals surface area contributed by atoms with Gasteiger partial charge < -0.3 is 5.32 Å². The maximum absolute atomic E-state index is 11.8. The van der Waals surface area contributed by atoms with Gasteiger partial charge in [0.25, 0.3) is 0 Å². The van der Waals surface area contributed by atoms with Crippen molar-refractivity contribution in [1.82, 2.24) is 10.3 Å². The highest BCUT2D eigenvalue weighted by molar-refractivity contribution is 5.81. The van der Waals surface area contributed by atoms with Gasteiger partial charge in [0.05, 0.1) is 0 Å². The Morgan fingerprint density at radius 1 is 1.56 bits per heavy atom. The third-order valence-electron chi connectivity index (χ3n) is 3.04. The number of carbonyl (C=O) groups is 1. The van der Waals surface area contributed by atoms with E-state index in [0.29, 0.717) is 24.5 Å². The molecule has 0 saturated carbocycles. The van der Waals surface area contributed by atoms with E-state index in [1.54, 1.807) is 12.4 Å². The van der Waals surface area contributed by atoms with Crippen molar-refractivity contribution in [1.29, 1.82) is 0 Å². The summed E-state index contributed by atoms with van der Waals surface area (Å²) in [4.78, 5) is 15.8. The molecule has 1 fully saturated rings. The van der Waals surface area contributed by atoms with Crippen molar-refractivity contribution in [3.8, 4) is 0 Å². The van der Waals surface area contributed by atoms with E-state index in [1.165, 1.54) is 12.8 Å². The number of pyridine rings is 1. The molecule has 0 aliphatic carbocycles. The molecule has 1 N–H and O–H groups in total. The first-order valence-electron chi connectivity index (χ1n) is 5.96. The fraction of sp³-hybridized carbons (Fsp3) is 0.538. The normalized spacial score (nSPS) is 20.6. The molecule has 1 aromatic rings. The van der Waals surface area contributed by atoms with Gasteiger partial charge in [-0.15, -0.1) is 0 Å². The molecule has 86 valence electrons. The third kappa shape index (κ3) is 3.42. The maximum Gasteiger partial charge on any atom is 0.137 e. The second-order valence-electron chi connectivity index (χ2n) is 4.49. The second-order valence-corrected chi connectivity index (χ2v) is 4.49. The zero-order valence-electron chi connectivity index (χ0n) is 9.48. The van der Waals surface area contributed by atoms with Crippen LogP contribution in [0.2, 0.25) is 0 Å². The number of ketones is 1. The second kappa shape index (κ2) is 5.75. The van der Waals surface area contributed by atoms with Crippen LogP contribution in [-0.4, -0.2) is 23.9 Å². The molecule has 1 aliphatic heterocycles. The molecule has 1 unspecified atom stereocenters. The summed E-state index contributed by atoms with van der Waals surface area (Å²) in [5.41, 5.74) is 1.02. The molecular formula is C13H18N2O. The molecule has 0 spiro atoms. The van der Waals surface area contributed by atoms with Gasteiger partial charge >= 0.3 is 0 Å². The summed E-state index contributed by atoms with van der Waals surface area (Å²) in [5.74, 6) is 0.875. The SMILES string of the molecule is O=C(Cc1cccnc1)CC1CCCNC1. The molecule has 0 aromatic carbocycles. The molecule has 2 rings (SSSR count). The topological polar surface area (TPSA) is 42.0 Å². The van der Waals surface area contributed by atoms with E-state index in [-0.39, 0.29) is 0 Å². The van der Waals surface area contributed by atoms with Crippen molar-refractivity contribution in [3.63, 3.8) is 0 Å². The van der Waals surface area contributed by atoms with Crippen LogP contribution in [0, 0.1) is 5.92 Å². The number of carbonyl (C=O) groups excluding carboxylic acids is 1. The van der Waals surface area contributed by atoms with E-state index < -0.39 is 0 Å². The van der Waals surface area contributed by atoms with Crippen molar-refractivity contribution >= 4 is 5.78 Å². The molecule has 1 saturated heterocycles. The van der Waals surface area contributed by atoms with Gasteiger partial charge in [-0.1, -0.05) is 6.07 Å². The minimum absolute atomic E-state index is 0.335. The molecule has 1 aliphatic rings. The third-order valence-corrected chi connectivity index (χ3v) is 3.04. The number of rotatable bonds is 4. The highest BCUT2D eigenvalue weighted by Crippen LogP contribution is 2.15. The summed E-state index contributed by atoms with van der Waals surface area (Å²) < 4.78 is 0. The molecule has 3 heteroatoms. The molecule has 1 aromatic heterocycles. The summed E-state index contributed by atoms with van der Waals surface area (Å²) in [7, 11) is 0. The summed E-state index contributed by atoms with van der Waals surface area (Å²) >= 11 is 0. The van der Waals surface area contributed by atoms with Gasteiger partial charge in [-0.05, 0) is 43.5 Å². The van der Waals surface area contributed by atoms with E-state index in [0.717, 1.165) is 18.7 Å². The van der Waals surface area contributed by atoms with Gasteiger partial charge in [0, 0.05) is 25.2 Å². The van der Waals surface area contributed by atoms with E-state index >= 15 is 0 Å². The largest absolute Gasteiger partial charge is 0.316 e. The lowest BCUT2D eigenvalue weighted by atomic mass is 9.92. The monoisotopic (exact) mass is 218 g/mol. The van der Waals surface area contributed by atoms with Crippen molar-refractivity contribution in [2.45, 2.75) is 25.7 Å². The van der Waals surface area contributed by atoms with Crippen LogP contribution in [0.5, 0.6) is 0 Å². The predicted octanol–water partition coefficient (Wildman–Crippen LogP) is 1.58. The van der Waals surface area contributed by atoms with Crippen molar-refractivity contribution in [3.05, 3.63) is 30.1 Å². The number of nitrogens with zero attached hydrogens (tertiary/aromatic N) is 1. The van der Waals surface area contributed by atoms with Crippen LogP contribution >= 0.6 is 0 Å². The zero-order chi connectivity index (χ0) is 11.2. The number of hydrogen-bond donors (Lipinski definition) is 1. The smallest absolute Gasteiger partial charge is 0.137 e. The molecule has 2 heterocycles. The van der Waals surface area contributed by atoms with E-state index in [4.69, 9.17) is 0 Å². The zero-order valence-corrected chi connectivity index (χ0v) is 9.48. The van der Waals surface area contributed by atoms with Crippen molar-refractivity contribution in [2.75, 3.05) is 13.1 Å². The molecular weight excluding hydrogens is 200 g/mol. The van der Waals surface area contributed by atoms with Crippen LogP contribution in [0.4, 0.5) is 0 Å². The number of piperidine rings is 1. The Morgan fingerprint density at radius 3 is 3.19 bits per heavy atom. The molecule has 0 radical (unpaired) electrons. The number of hydrogen-bond acceptors (Lipinski definition) is 3. The fourth-order valence-electron chi connectivity index (χ4n) is 2.22. The first kappa shape index (κ1) is 11.3. The van der Waals surface area contributed by atoms with Gasteiger partial charge in [0.1, 0.15) is 5.78 Å². The van der Waals surface area contributed by atoms with Gasteiger partial charge in [-0.2, -0.15) is 0 Å². The molecule has 0 bridgehead atoms. The maximum atomic E-state index is 11.8. The Labute approximate surface area is 96.3 Å². The minimum atomic E-state index is 0.335. The minimum Gasteiger partial charge on any atom is -0.316 e. The lowest BCUT2D eigenvalue weighted by molar-refractivity contribution is -0.119. The highest BCUT2D eigenvalue weighted by atomic mass is 16.1. The lowest BCUT2D eigenvalue weighted by Crippen LogP contribution is -2.31. The summed E-state index contributed by atoms with van der Waals surface area (Å²) in [6.07, 6.45) is 7.14.